The molecule has 2 rings (SSSR count). The van der Waals surface area contributed by atoms with Gasteiger partial charge in [-0.1, -0.05) is 17.8 Å². The molecule has 7 heteroatoms. The molecule has 0 amide bonds. The SMILES string of the molecule is CCCc1nnsc1C(NN)c1cc(F)cc(F)c1. The summed E-state index contributed by atoms with van der Waals surface area (Å²) in [6.07, 6.45) is 1.66. The summed E-state index contributed by atoms with van der Waals surface area (Å²) in [4.78, 5) is 0.786. The van der Waals surface area contributed by atoms with E-state index in [0.717, 1.165) is 29.5 Å². The molecule has 3 N–H and O–H groups in total. The maximum atomic E-state index is 13.3. The van der Waals surface area contributed by atoms with E-state index in [2.05, 4.69) is 15.0 Å². The first-order valence-electron chi connectivity index (χ1n) is 5.89. The molecule has 1 aromatic carbocycles. The van der Waals surface area contributed by atoms with E-state index in [1.54, 1.807) is 0 Å². The molecule has 1 heterocycles. The van der Waals surface area contributed by atoms with Crippen molar-refractivity contribution in [1.29, 1.82) is 0 Å². The zero-order valence-corrected chi connectivity index (χ0v) is 11.2. The Morgan fingerprint density at radius 3 is 2.58 bits per heavy atom. The molecule has 1 unspecified atom stereocenters. The third-order valence-corrected chi connectivity index (χ3v) is 3.55. The average Bonchev–Trinajstić information content (AvgIpc) is 2.78. The number of hydrogen-bond acceptors (Lipinski definition) is 5. The molecular formula is C12H14F2N4S. The number of rotatable bonds is 5. The molecular weight excluding hydrogens is 270 g/mol. The number of nitrogens with zero attached hydrogens (tertiary/aromatic N) is 2. The van der Waals surface area contributed by atoms with Gasteiger partial charge in [0.1, 0.15) is 11.6 Å². The minimum atomic E-state index is -0.634. The molecule has 0 aliphatic heterocycles. The van der Waals surface area contributed by atoms with Crippen LogP contribution in [0.2, 0.25) is 0 Å². The normalized spacial score (nSPS) is 12.6. The van der Waals surface area contributed by atoms with E-state index in [0.29, 0.717) is 5.56 Å². The highest BCUT2D eigenvalue weighted by Gasteiger charge is 2.20. The van der Waals surface area contributed by atoms with Gasteiger partial charge in [0.2, 0.25) is 0 Å². The Balaban J connectivity index is 2.40. The van der Waals surface area contributed by atoms with E-state index < -0.39 is 17.7 Å². The van der Waals surface area contributed by atoms with E-state index in [9.17, 15) is 8.78 Å². The second-order valence-corrected chi connectivity index (χ2v) is 4.92. The average molecular weight is 284 g/mol. The topological polar surface area (TPSA) is 63.8 Å². The lowest BCUT2D eigenvalue weighted by atomic mass is 10.0. The van der Waals surface area contributed by atoms with Gasteiger partial charge in [-0.25, -0.2) is 14.2 Å². The first-order chi connectivity index (χ1) is 9.15. The van der Waals surface area contributed by atoms with Crippen LogP contribution in [0, 0.1) is 11.6 Å². The van der Waals surface area contributed by atoms with Crippen LogP contribution in [-0.2, 0) is 6.42 Å². The van der Waals surface area contributed by atoms with Crippen LogP contribution in [0.5, 0.6) is 0 Å². The van der Waals surface area contributed by atoms with Crippen molar-refractivity contribution >= 4 is 11.5 Å². The van der Waals surface area contributed by atoms with Gasteiger partial charge in [0.25, 0.3) is 0 Å². The molecule has 2 aromatic rings. The molecule has 0 spiro atoms. The largest absolute Gasteiger partial charge is 0.271 e. The summed E-state index contributed by atoms with van der Waals surface area (Å²) in [5.41, 5.74) is 3.80. The summed E-state index contributed by atoms with van der Waals surface area (Å²) in [6.45, 7) is 2.02. The van der Waals surface area contributed by atoms with Gasteiger partial charge in [-0.05, 0) is 35.6 Å². The molecule has 0 bridgehead atoms. The maximum Gasteiger partial charge on any atom is 0.126 e. The molecule has 1 atom stereocenters. The number of hydrazine groups is 1. The third-order valence-electron chi connectivity index (χ3n) is 2.72. The lowest BCUT2D eigenvalue weighted by Crippen LogP contribution is -2.29. The van der Waals surface area contributed by atoms with E-state index in [1.165, 1.54) is 23.7 Å². The van der Waals surface area contributed by atoms with Crippen molar-refractivity contribution in [3.63, 3.8) is 0 Å². The van der Waals surface area contributed by atoms with Gasteiger partial charge >= 0.3 is 0 Å². The third kappa shape index (κ3) is 3.12. The number of nitrogens with one attached hydrogen (secondary N) is 1. The van der Waals surface area contributed by atoms with E-state index in [4.69, 9.17) is 5.84 Å². The fourth-order valence-electron chi connectivity index (χ4n) is 1.91. The Morgan fingerprint density at radius 1 is 1.32 bits per heavy atom. The van der Waals surface area contributed by atoms with Gasteiger partial charge < -0.3 is 0 Å². The first-order valence-corrected chi connectivity index (χ1v) is 6.66. The number of nitrogens with two attached hydrogens (primary N) is 1. The van der Waals surface area contributed by atoms with Gasteiger partial charge in [0, 0.05) is 6.07 Å². The predicted molar refractivity (Wildman–Crippen MR) is 69.4 cm³/mol. The number of aryl methyl sites for hydroxylation is 1. The Labute approximate surface area is 113 Å². The van der Waals surface area contributed by atoms with Crippen LogP contribution in [-0.4, -0.2) is 9.59 Å². The van der Waals surface area contributed by atoms with Crippen molar-refractivity contribution in [2.45, 2.75) is 25.8 Å². The zero-order chi connectivity index (χ0) is 13.8. The van der Waals surface area contributed by atoms with Crippen molar-refractivity contribution in [1.82, 2.24) is 15.0 Å². The van der Waals surface area contributed by atoms with Gasteiger partial charge in [-0.15, -0.1) is 5.10 Å². The molecule has 0 fully saturated rings. The fourth-order valence-corrected chi connectivity index (χ4v) is 2.70. The smallest absolute Gasteiger partial charge is 0.126 e. The predicted octanol–water partition coefficient (Wildman–Crippen LogP) is 2.32. The minimum Gasteiger partial charge on any atom is -0.271 e. The highest BCUT2D eigenvalue weighted by molar-refractivity contribution is 7.05. The van der Waals surface area contributed by atoms with Crippen molar-refractivity contribution < 1.29 is 8.78 Å². The highest BCUT2D eigenvalue weighted by Crippen LogP contribution is 2.28. The molecule has 0 aliphatic rings. The molecule has 0 aliphatic carbocycles. The lowest BCUT2D eigenvalue weighted by Gasteiger charge is -2.15. The van der Waals surface area contributed by atoms with Crippen LogP contribution < -0.4 is 11.3 Å². The standard InChI is InChI=1S/C12H14F2N4S/c1-2-3-10-12(19-18-17-10)11(16-15)7-4-8(13)6-9(14)5-7/h4-6,11,16H,2-3,15H2,1H3. The van der Waals surface area contributed by atoms with Crippen LogP contribution in [0.15, 0.2) is 18.2 Å². The van der Waals surface area contributed by atoms with Crippen LogP contribution in [0.4, 0.5) is 8.78 Å². The van der Waals surface area contributed by atoms with Crippen LogP contribution in [0.1, 0.15) is 35.5 Å². The molecule has 19 heavy (non-hydrogen) atoms. The van der Waals surface area contributed by atoms with Gasteiger partial charge in [0.05, 0.1) is 16.6 Å². The van der Waals surface area contributed by atoms with Crippen molar-refractivity contribution in [2.75, 3.05) is 0 Å². The molecule has 102 valence electrons. The summed E-state index contributed by atoms with van der Waals surface area (Å²) in [5.74, 6) is 4.25. The summed E-state index contributed by atoms with van der Waals surface area (Å²) in [7, 11) is 0. The van der Waals surface area contributed by atoms with Crippen LogP contribution >= 0.6 is 11.5 Å². The molecule has 1 aromatic heterocycles. The van der Waals surface area contributed by atoms with Gasteiger partial charge in [-0.2, -0.15) is 0 Å². The Hall–Kier alpha value is -1.44. The fraction of sp³-hybridized carbons (Fsp3) is 0.333. The summed E-state index contributed by atoms with van der Waals surface area (Å²) in [6, 6.07) is 2.83. The van der Waals surface area contributed by atoms with E-state index >= 15 is 0 Å². The summed E-state index contributed by atoms with van der Waals surface area (Å²) >= 11 is 1.18. The highest BCUT2D eigenvalue weighted by atomic mass is 32.1. The van der Waals surface area contributed by atoms with Crippen molar-refractivity contribution in [2.24, 2.45) is 5.84 Å². The Morgan fingerprint density at radius 2 is 2.00 bits per heavy atom. The summed E-state index contributed by atoms with van der Waals surface area (Å²) < 4.78 is 30.4. The van der Waals surface area contributed by atoms with Crippen molar-refractivity contribution in [3.8, 4) is 0 Å². The second kappa shape index (κ2) is 6.14. The zero-order valence-electron chi connectivity index (χ0n) is 10.4. The Bertz CT molecular complexity index is 538. The Kier molecular flexibility index (Phi) is 4.52. The first kappa shape index (κ1) is 14.0. The quantitative estimate of drug-likeness (QED) is 0.653. The van der Waals surface area contributed by atoms with E-state index in [1.807, 2.05) is 6.92 Å². The van der Waals surface area contributed by atoms with Crippen molar-refractivity contribution in [3.05, 3.63) is 46.0 Å². The van der Waals surface area contributed by atoms with E-state index in [-0.39, 0.29) is 0 Å². The number of aromatic nitrogens is 2. The molecule has 0 saturated heterocycles. The summed E-state index contributed by atoms with van der Waals surface area (Å²) in [5, 5.41) is 4.03. The number of benzene rings is 1. The molecule has 4 nitrogen and oxygen atoms in total. The lowest BCUT2D eigenvalue weighted by molar-refractivity contribution is 0.566. The molecule has 0 radical (unpaired) electrons. The van der Waals surface area contributed by atoms with Crippen LogP contribution in [0.25, 0.3) is 0 Å². The molecule has 0 saturated carbocycles. The number of halogens is 2. The van der Waals surface area contributed by atoms with Gasteiger partial charge in [-0.3, -0.25) is 5.84 Å². The minimum absolute atomic E-state index is 0.420. The number of hydrogen-bond donors (Lipinski definition) is 2. The second-order valence-electron chi connectivity index (χ2n) is 4.14. The maximum absolute atomic E-state index is 13.3. The monoisotopic (exact) mass is 284 g/mol. The van der Waals surface area contributed by atoms with Crippen LogP contribution in [0.3, 0.4) is 0 Å². The van der Waals surface area contributed by atoms with Gasteiger partial charge in [0.15, 0.2) is 0 Å².